The summed E-state index contributed by atoms with van der Waals surface area (Å²) >= 11 is 12.3. The molecule has 0 bridgehead atoms. The molecule has 0 aliphatic heterocycles. The molecule has 1 amide bonds. The van der Waals surface area contributed by atoms with Crippen LogP contribution in [0.25, 0.3) is 0 Å². The molecule has 0 heterocycles. The van der Waals surface area contributed by atoms with Crippen LogP contribution < -0.4 is 14.8 Å². The zero-order valence-electron chi connectivity index (χ0n) is 15.2. The highest BCUT2D eigenvalue weighted by molar-refractivity contribution is 7.89. The number of carbonyl (C=O) groups excluding carboxylic acids is 1. The predicted octanol–water partition coefficient (Wildman–Crippen LogP) is 4.48. The summed E-state index contributed by atoms with van der Waals surface area (Å²) in [7, 11) is -2.39. The van der Waals surface area contributed by atoms with E-state index in [-0.39, 0.29) is 26.5 Å². The van der Waals surface area contributed by atoms with Crippen LogP contribution in [0, 0.1) is 0 Å². The highest BCUT2D eigenvalue weighted by Crippen LogP contribution is 2.31. The summed E-state index contributed by atoms with van der Waals surface area (Å²) in [5.74, 6) is -0.0971. The van der Waals surface area contributed by atoms with Gasteiger partial charge in [0.25, 0.3) is 5.91 Å². The van der Waals surface area contributed by atoms with Crippen LogP contribution in [0.3, 0.4) is 0 Å². The summed E-state index contributed by atoms with van der Waals surface area (Å²) in [5, 5.41) is 2.70. The van der Waals surface area contributed by atoms with Crippen molar-refractivity contribution in [1.82, 2.24) is 4.72 Å². The molecule has 1 fully saturated rings. The summed E-state index contributed by atoms with van der Waals surface area (Å²) in [6.07, 6.45) is 3.53. The van der Waals surface area contributed by atoms with Gasteiger partial charge in [0.1, 0.15) is 10.6 Å². The van der Waals surface area contributed by atoms with Crippen LogP contribution in [-0.2, 0) is 10.0 Å². The smallest absolute Gasteiger partial charge is 0.257 e. The zero-order chi connectivity index (χ0) is 20.3. The lowest BCUT2D eigenvalue weighted by molar-refractivity contribution is 0.102. The molecule has 2 N–H and O–H groups in total. The third-order valence-corrected chi connectivity index (χ3v) is 6.89. The van der Waals surface area contributed by atoms with E-state index in [1.807, 2.05) is 0 Å². The largest absolute Gasteiger partial charge is 0.495 e. The molecule has 150 valence electrons. The standard InChI is InChI=1S/C19H20Cl2N2O4S/c1-27-17-9-5-4-8-16(17)22-19(24)13-10-18(15(21)11-14(13)20)28(25,26)23-12-6-2-3-7-12/h4-5,8-12,23H,2-3,6-7H2,1H3,(H,22,24). The lowest BCUT2D eigenvalue weighted by Crippen LogP contribution is -2.33. The Morgan fingerprint density at radius 3 is 2.46 bits per heavy atom. The van der Waals surface area contributed by atoms with Crippen molar-refractivity contribution >= 4 is 44.8 Å². The minimum absolute atomic E-state index is 0.00349. The number of methoxy groups -OCH3 is 1. The van der Waals surface area contributed by atoms with Gasteiger partial charge in [-0.1, -0.05) is 48.2 Å². The van der Waals surface area contributed by atoms with Crippen LogP contribution >= 0.6 is 23.2 Å². The number of hydrogen-bond donors (Lipinski definition) is 2. The second-order valence-electron chi connectivity index (χ2n) is 6.52. The highest BCUT2D eigenvalue weighted by atomic mass is 35.5. The number of sulfonamides is 1. The number of amides is 1. The van der Waals surface area contributed by atoms with Crippen LogP contribution in [0.1, 0.15) is 36.0 Å². The third kappa shape index (κ3) is 4.60. The maximum atomic E-state index is 12.8. The number of rotatable bonds is 6. The molecule has 1 saturated carbocycles. The van der Waals surface area contributed by atoms with Gasteiger partial charge >= 0.3 is 0 Å². The van der Waals surface area contributed by atoms with Crippen molar-refractivity contribution in [2.45, 2.75) is 36.6 Å². The van der Waals surface area contributed by atoms with Crippen molar-refractivity contribution in [3.05, 3.63) is 52.0 Å². The second-order valence-corrected chi connectivity index (χ2v) is 9.02. The number of carbonyl (C=O) groups is 1. The Bertz CT molecular complexity index is 989. The van der Waals surface area contributed by atoms with Gasteiger partial charge in [0.15, 0.2) is 0 Å². The van der Waals surface area contributed by atoms with Crippen molar-refractivity contribution in [3.8, 4) is 5.75 Å². The van der Waals surface area contributed by atoms with Gasteiger partial charge < -0.3 is 10.1 Å². The number of nitrogens with one attached hydrogen (secondary N) is 2. The molecule has 3 rings (SSSR count). The maximum Gasteiger partial charge on any atom is 0.257 e. The van der Waals surface area contributed by atoms with E-state index in [0.29, 0.717) is 11.4 Å². The first-order valence-electron chi connectivity index (χ1n) is 8.77. The van der Waals surface area contributed by atoms with Crippen LogP contribution in [-0.4, -0.2) is 27.5 Å². The SMILES string of the molecule is COc1ccccc1NC(=O)c1cc(S(=O)(=O)NC2CCCC2)c(Cl)cc1Cl. The summed E-state index contributed by atoms with van der Waals surface area (Å²) in [4.78, 5) is 12.6. The summed E-state index contributed by atoms with van der Waals surface area (Å²) in [5.41, 5.74) is 0.443. The molecule has 1 aliphatic rings. The van der Waals surface area contributed by atoms with Crippen molar-refractivity contribution in [3.63, 3.8) is 0 Å². The topological polar surface area (TPSA) is 84.5 Å². The predicted molar refractivity (Wildman–Crippen MR) is 110 cm³/mol. The number of ether oxygens (including phenoxy) is 1. The monoisotopic (exact) mass is 442 g/mol. The number of hydrogen-bond acceptors (Lipinski definition) is 4. The molecule has 9 heteroatoms. The molecule has 0 atom stereocenters. The number of halogens is 2. The zero-order valence-corrected chi connectivity index (χ0v) is 17.5. The van der Waals surface area contributed by atoms with Gasteiger partial charge in [-0.15, -0.1) is 0 Å². The fraction of sp³-hybridized carbons (Fsp3) is 0.316. The van der Waals surface area contributed by atoms with Crippen molar-refractivity contribution in [2.75, 3.05) is 12.4 Å². The number of benzene rings is 2. The quantitative estimate of drug-likeness (QED) is 0.690. The maximum absolute atomic E-state index is 12.8. The molecular formula is C19H20Cl2N2O4S. The van der Waals surface area contributed by atoms with E-state index < -0.39 is 15.9 Å². The minimum atomic E-state index is -3.88. The fourth-order valence-electron chi connectivity index (χ4n) is 3.17. The summed E-state index contributed by atoms with van der Waals surface area (Å²) in [6.45, 7) is 0. The first-order valence-corrected chi connectivity index (χ1v) is 11.0. The Morgan fingerprint density at radius 1 is 1.11 bits per heavy atom. The molecule has 0 saturated heterocycles. The van der Waals surface area contributed by atoms with Crippen LogP contribution in [0.2, 0.25) is 10.0 Å². The van der Waals surface area contributed by atoms with Crippen molar-refractivity contribution in [1.29, 1.82) is 0 Å². The summed E-state index contributed by atoms with van der Waals surface area (Å²) < 4.78 is 33.4. The van der Waals surface area contributed by atoms with Gasteiger partial charge in [0, 0.05) is 6.04 Å². The van der Waals surface area contributed by atoms with Crippen molar-refractivity contribution < 1.29 is 17.9 Å². The highest BCUT2D eigenvalue weighted by Gasteiger charge is 2.27. The van der Waals surface area contributed by atoms with Gasteiger partial charge in [0.05, 0.1) is 28.4 Å². The lowest BCUT2D eigenvalue weighted by atomic mass is 10.2. The molecule has 2 aromatic rings. The molecule has 28 heavy (non-hydrogen) atoms. The Labute approximate surface area is 174 Å². The second kappa shape index (κ2) is 8.69. The Morgan fingerprint density at radius 2 is 1.79 bits per heavy atom. The van der Waals surface area contributed by atoms with E-state index in [0.717, 1.165) is 25.7 Å². The average Bonchev–Trinajstić information content (AvgIpc) is 3.14. The Kier molecular flexibility index (Phi) is 6.50. The van der Waals surface area contributed by atoms with Gasteiger partial charge in [-0.25, -0.2) is 13.1 Å². The number of anilines is 1. The van der Waals surface area contributed by atoms with Gasteiger partial charge in [-0.3, -0.25) is 4.79 Å². The van der Waals surface area contributed by atoms with E-state index in [2.05, 4.69) is 10.0 Å². The van der Waals surface area contributed by atoms with Crippen LogP contribution in [0.15, 0.2) is 41.3 Å². The Balaban J connectivity index is 1.91. The first kappa shape index (κ1) is 20.9. The van der Waals surface area contributed by atoms with Gasteiger partial charge in [-0.05, 0) is 37.1 Å². The molecule has 6 nitrogen and oxygen atoms in total. The molecule has 0 radical (unpaired) electrons. The van der Waals surface area contributed by atoms with Gasteiger partial charge in [0.2, 0.25) is 10.0 Å². The average molecular weight is 443 g/mol. The molecule has 1 aliphatic carbocycles. The van der Waals surface area contributed by atoms with E-state index in [9.17, 15) is 13.2 Å². The molecule has 0 aromatic heterocycles. The lowest BCUT2D eigenvalue weighted by Gasteiger charge is -2.15. The van der Waals surface area contributed by atoms with E-state index >= 15 is 0 Å². The van der Waals surface area contributed by atoms with E-state index in [4.69, 9.17) is 27.9 Å². The van der Waals surface area contributed by atoms with E-state index in [1.54, 1.807) is 24.3 Å². The number of para-hydroxylation sites is 2. The molecular weight excluding hydrogens is 423 g/mol. The first-order chi connectivity index (χ1) is 13.3. The van der Waals surface area contributed by atoms with Crippen LogP contribution in [0.5, 0.6) is 5.75 Å². The molecule has 2 aromatic carbocycles. The fourth-order valence-corrected chi connectivity index (χ4v) is 5.34. The summed E-state index contributed by atoms with van der Waals surface area (Å²) in [6, 6.07) is 9.21. The third-order valence-electron chi connectivity index (χ3n) is 4.59. The van der Waals surface area contributed by atoms with Gasteiger partial charge in [-0.2, -0.15) is 0 Å². The Hall–Kier alpha value is -1.80. The molecule has 0 unspecified atom stereocenters. The van der Waals surface area contributed by atoms with Crippen molar-refractivity contribution in [2.24, 2.45) is 0 Å². The normalized spacial score (nSPS) is 14.8. The van der Waals surface area contributed by atoms with Crippen LogP contribution in [0.4, 0.5) is 5.69 Å². The van der Waals surface area contributed by atoms with E-state index in [1.165, 1.54) is 19.2 Å². The molecule has 0 spiro atoms. The minimum Gasteiger partial charge on any atom is -0.495 e.